The molecule has 0 spiro atoms. The van der Waals surface area contributed by atoms with Crippen molar-refractivity contribution in [2.24, 2.45) is 0 Å². The number of nitrogens with one attached hydrogen (secondary N) is 1. The number of carbonyl (C=O) groups excluding carboxylic acids is 2. The van der Waals surface area contributed by atoms with Gasteiger partial charge in [-0.3, -0.25) is 9.59 Å². The zero-order valence-corrected chi connectivity index (χ0v) is 12.1. The average molecular weight is 352 g/mol. The first-order valence-corrected chi connectivity index (χ1v) is 6.76. The highest BCUT2D eigenvalue weighted by atomic mass is 127. The van der Waals surface area contributed by atoms with E-state index in [9.17, 15) is 9.59 Å². The van der Waals surface area contributed by atoms with Gasteiger partial charge in [-0.1, -0.05) is 0 Å². The van der Waals surface area contributed by atoms with Gasteiger partial charge in [0.15, 0.2) is 0 Å². The van der Waals surface area contributed by atoms with Crippen LogP contribution in [0.1, 0.15) is 17.3 Å². The first-order valence-electron chi connectivity index (χ1n) is 4.80. The molecule has 0 radical (unpaired) electrons. The average Bonchev–Trinajstić information content (AvgIpc) is 2.71. The van der Waals surface area contributed by atoms with Gasteiger partial charge < -0.3 is 10.2 Å². The Morgan fingerprint density at radius 1 is 1.56 bits per heavy atom. The van der Waals surface area contributed by atoms with Crippen molar-refractivity contribution in [3.05, 3.63) is 19.9 Å². The van der Waals surface area contributed by atoms with E-state index in [1.54, 1.807) is 23.4 Å². The predicted molar refractivity (Wildman–Crippen MR) is 72.7 cm³/mol. The van der Waals surface area contributed by atoms with Crippen molar-refractivity contribution in [1.82, 2.24) is 10.2 Å². The van der Waals surface area contributed by atoms with Crippen LogP contribution in [0.5, 0.6) is 0 Å². The summed E-state index contributed by atoms with van der Waals surface area (Å²) in [5.74, 6) is -0.280. The van der Waals surface area contributed by atoms with Crippen LogP contribution in [0.2, 0.25) is 0 Å². The molecule has 0 aliphatic carbocycles. The van der Waals surface area contributed by atoms with Gasteiger partial charge in [-0.2, -0.15) is 0 Å². The van der Waals surface area contributed by atoms with Crippen LogP contribution >= 0.6 is 33.9 Å². The number of rotatable bonds is 4. The van der Waals surface area contributed by atoms with Crippen LogP contribution in [0.15, 0.2) is 11.4 Å². The molecule has 0 saturated carbocycles. The van der Waals surface area contributed by atoms with E-state index in [4.69, 9.17) is 0 Å². The van der Waals surface area contributed by atoms with Gasteiger partial charge in [-0.15, -0.1) is 11.3 Å². The van der Waals surface area contributed by atoms with Gasteiger partial charge in [-0.05, 0) is 35.6 Å². The molecule has 88 valence electrons. The molecular weight excluding hydrogens is 339 g/mol. The first kappa shape index (κ1) is 13.4. The van der Waals surface area contributed by atoms with Gasteiger partial charge in [0, 0.05) is 19.0 Å². The Hall–Kier alpha value is -0.630. The summed E-state index contributed by atoms with van der Waals surface area (Å²) in [5.41, 5.74) is 0.612. The molecule has 0 aromatic carbocycles. The second kappa shape index (κ2) is 6.19. The van der Waals surface area contributed by atoms with E-state index < -0.39 is 0 Å². The number of likely N-dealkylation sites (N-methyl/N-ethyl adjacent to an activating group) is 1. The maximum Gasteiger partial charge on any atom is 0.252 e. The van der Waals surface area contributed by atoms with Crippen LogP contribution in [0.25, 0.3) is 0 Å². The summed E-state index contributed by atoms with van der Waals surface area (Å²) in [4.78, 5) is 24.6. The SMILES string of the molecule is CCN(C)C(=O)CNC(=O)c1csc(I)c1. The minimum Gasteiger partial charge on any atom is -0.345 e. The summed E-state index contributed by atoms with van der Waals surface area (Å²) in [6, 6.07) is 1.80. The van der Waals surface area contributed by atoms with E-state index in [1.807, 2.05) is 6.92 Å². The summed E-state index contributed by atoms with van der Waals surface area (Å²) in [6.45, 7) is 2.58. The highest BCUT2D eigenvalue weighted by Crippen LogP contribution is 2.16. The molecule has 0 unspecified atom stereocenters. The molecule has 1 aromatic heterocycles. The molecule has 2 amide bonds. The van der Waals surface area contributed by atoms with Crippen LogP contribution in [0.4, 0.5) is 0 Å². The highest BCUT2D eigenvalue weighted by Gasteiger charge is 2.11. The summed E-state index contributed by atoms with van der Waals surface area (Å²) in [6.07, 6.45) is 0. The lowest BCUT2D eigenvalue weighted by Crippen LogP contribution is -2.37. The van der Waals surface area contributed by atoms with Crippen molar-refractivity contribution >= 4 is 45.7 Å². The molecule has 0 fully saturated rings. The Bertz CT molecular complexity index is 392. The Morgan fingerprint density at radius 3 is 2.75 bits per heavy atom. The molecule has 0 bridgehead atoms. The van der Waals surface area contributed by atoms with Crippen molar-refractivity contribution in [2.75, 3.05) is 20.1 Å². The Balaban J connectivity index is 2.44. The van der Waals surface area contributed by atoms with E-state index in [0.717, 1.165) is 2.88 Å². The third kappa shape index (κ3) is 3.75. The zero-order valence-electron chi connectivity index (χ0n) is 9.12. The topological polar surface area (TPSA) is 49.4 Å². The molecule has 0 aliphatic rings. The number of thiophene rings is 1. The van der Waals surface area contributed by atoms with Gasteiger partial charge in [-0.25, -0.2) is 0 Å². The van der Waals surface area contributed by atoms with Gasteiger partial charge in [0.2, 0.25) is 5.91 Å². The lowest BCUT2D eigenvalue weighted by Gasteiger charge is -2.14. The molecule has 16 heavy (non-hydrogen) atoms. The summed E-state index contributed by atoms with van der Waals surface area (Å²) in [5, 5.41) is 4.38. The third-order valence-electron chi connectivity index (χ3n) is 2.13. The fourth-order valence-corrected chi connectivity index (χ4v) is 2.32. The molecule has 1 heterocycles. The molecule has 1 N–H and O–H groups in total. The molecule has 1 aromatic rings. The number of hydrogen-bond acceptors (Lipinski definition) is 3. The first-order chi connectivity index (χ1) is 7.54. The number of nitrogens with zero attached hydrogens (tertiary/aromatic N) is 1. The number of amides is 2. The minimum absolute atomic E-state index is 0.0512. The number of halogens is 1. The van der Waals surface area contributed by atoms with Gasteiger partial charge in [0.25, 0.3) is 5.91 Å². The van der Waals surface area contributed by atoms with E-state index in [1.165, 1.54) is 11.3 Å². The smallest absolute Gasteiger partial charge is 0.252 e. The molecule has 0 aliphatic heterocycles. The second-order valence-corrected chi connectivity index (χ2v) is 6.04. The van der Waals surface area contributed by atoms with Crippen LogP contribution in [0, 0.1) is 2.88 Å². The zero-order chi connectivity index (χ0) is 12.1. The molecular formula is C10H13IN2O2S. The fourth-order valence-electron chi connectivity index (χ4n) is 0.998. The summed E-state index contributed by atoms with van der Waals surface area (Å²) < 4.78 is 1.06. The Kier molecular flexibility index (Phi) is 5.20. The normalized spacial score (nSPS) is 9.94. The lowest BCUT2D eigenvalue weighted by atomic mass is 10.3. The molecule has 6 heteroatoms. The predicted octanol–water partition coefficient (Wildman–Crippen LogP) is 1.56. The Morgan fingerprint density at radius 2 is 2.25 bits per heavy atom. The van der Waals surface area contributed by atoms with Crippen molar-refractivity contribution in [3.8, 4) is 0 Å². The molecule has 1 rings (SSSR count). The maximum atomic E-state index is 11.6. The van der Waals surface area contributed by atoms with E-state index in [2.05, 4.69) is 27.9 Å². The van der Waals surface area contributed by atoms with E-state index >= 15 is 0 Å². The van der Waals surface area contributed by atoms with Crippen molar-refractivity contribution in [1.29, 1.82) is 0 Å². The molecule has 4 nitrogen and oxygen atoms in total. The van der Waals surface area contributed by atoms with Crippen LogP contribution < -0.4 is 5.32 Å². The van der Waals surface area contributed by atoms with Crippen molar-refractivity contribution in [3.63, 3.8) is 0 Å². The summed E-state index contributed by atoms with van der Waals surface area (Å²) >= 11 is 3.66. The largest absolute Gasteiger partial charge is 0.345 e. The van der Waals surface area contributed by atoms with Gasteiger partial charge >= 0.3 is 0 Å². The lowest BCUT2D eigenvalue weighted by molar-refractivity contribution is -0.128. The second-order valence-electron chi connectivity index (χ2n) is 3.23. The Labute approximate surface area is 112 Å². The van der Waals surface area contributed by atoms with Crippen LogP contribution in [-0.2, 0) is 4.79 Å². The van der Waals surface area contributed by atoms with Crippen molar-refractivity contribution in [2.45, 2.75) is 6.92 Å². The molecule has 0 saturated heterocycles. The standard InChI is InChI=1S/C10H13IN2O2S/c1-3-13(2)9(14)5-12-10(15)7-4-8(11)16-6-7/h4,6H,3,5H2,1-2H3,(H,12,15). The van der Waals surface area contributed by atoms with Gasteiger partial charge in [0.05, 0.1) is 15.0 Å². The summed E-state index contributed by atoms with van der Waals surface area (Å²) in [7, 11) is 1.71. The third-order valence-corrected chi connectivity index (χ3v) is 3.92. The van der Waals surface area contributed by atoms with E-state index in [-0.39, 0.29) is 18.4 Å². The van der Waals surface area contributed by atoms with E-state index in [0.29, 0.717) is 12.1 Å². The monoisotopic (exact) mass is 352 g/mol. The molecule has 0 atom stereocenters. The number of hydrogen-bond donors (Lipinski definition) is 1. The quantitative estimate of drug-likeness (QED) is 0.837. The fraction of sp³-hybridized carbons (Fsp3) is 0.400. The van der Waals surface area contributed by atoms with Gasteiger partial charge in [0.1, 0.15) is 0 Å². The van der Waals surface area contributed by atoms with Crippen LogP contribution in [-0.4, -0.2) is 36.9 Å². The highest BCUT2D eigenvalue weighted by molar-refractivity contribution is 14.1. The van der Waals surface area contributed by atoms with Crippen LogP contribution in [0.3, 0.4) is 0 Å². The minimum atomic E-state index is -0.197. The van der Waals surface area contributed by atoms with Crippen molar-refractivity contribution < 1.29 is 9.59 Å². The number of carbonyl (C=O) groups is 2. The maximum absolute atomic E-state index is 11.6.